The van der Waals surface area contributed by atoms with E-state index in [2.05, 4.69) is 212 Å². The summed E-state index contributed by atoms with van der Waals surface area (Å²) < 4.78 is 0. The second-order valence-corrected chi connectivity index (χ2v) is 15.3. The molecular formula is C48H49N. The first-order valence-electron chi connectivity index (χ1n) is 17.4. The second-order valence-electron chi connectivity index (χ2n) is 15.3. The van der Waals surface area contributed by atoms with Gasteiger partial charge in [-0.05, 0) is 123 Å². The molecular weight excluding hydrogens is 591 g/mol. The van der Waals surface area contributed by atoms with E-state index >= 15 is 0 Å². The molecule has 0 aromatic heterocycles. The maximum Gasteiger partial charge on any atom is 0.0464 e. The van der Waals surface area contributed by atoms with Gasteiger partial charge in [0.2, 0.25) is 0 Å². The van der Waals surface area contributed by atoms with Crippen LogP contribution >= 0.6 is 0 Å². The molecule has 0 spiro atoms. The van der Waals surface area contributed by atoms with E-state index in [-0.39, 0.29) is 10.8 Å². The molecule has 0 fully saturated rings. The third kappa shape index (κ3) is 7.63. The maximum absolute atomic E-state index is 2.38. The molecule has 0 aliphatic rings. The molecule has 0 saturated heterocycles. The number of rotatable bonds is 7. The molecule has 246 valence electrons. The molecule has 0 radical (unpaired) electrons. The molecule has 1 nitrogen and oxygen atoms in total. The van der Waals surface area contributed by atoms with E-state index in [9.17, 15) is 0 Å². The van der Waals surface area contributed by atoms with E-state index in [1.165, 1.54) is 55.6 Å². The molecule has 0 N–H and O–H groups in total. The highest BCUT2D eigenvalue weighted by Crippen LogP contribution is 2.39. The van der Waals surface area contributed by atoms with Gasteiger partial charge in [0.25, 0.3) is 0 Å². The van der Waals surface area contributed by atoms with Crippen LogP contribution in [0.5, 0.6) is 0 Å². The summed E-state index contributed by atoms with van der Waals surface area (Å²) >= 11 is 0. The van der Waals surface area contributed by atoms with E-state index in [1.54, 1.807) is 0 Å². The first-order valence-corrected chi connectivity index (χ1v) is 17.4. The lowest BCUT2D eigenvalue weighted by molar-refractivity contribution is 0.590. The van der Waals surface area contributed by atoms with Crippen molar-refractivity contribution in [2.75, 3.05) is 4.90 Å². The van der Waals surface area contributed by atoms with Crippen molar-refractivity contribution >= 4 is 28.7 Å². The van der Waals surface area contributed by atoms with Gasteiger partial charge in [-0.25, -0.2) is 0 Å². The summed E-state index contributed by atoms with van der Waals surface area (Å²) in [5, 5.41) is 0. The Balaban J connectivity index is 1.37. The standard InChI is InChI=1S/C48H49N/c1-34-31-36(33-46(37-15-11-9-12-16-37)38-17-13-10-14-18-38)19-29-44(34)45-30-28-43(32-35(45)2)49(41-24-20-39(21-25-41)47(3,4)5)42-26-22-40(23-27-42)48(6,7)8/h9-33H,1-8H3. The van der Waals surface area contributed by atoms with E-state index in [1.807, 2.05) is 0 Å². The Morgan fingerprint density at radius 1 is 0.449 bits per heavy atom. The van der Waals surface area contributed by atoms with Gasteiger partial charge in [-0.3, -0.25) is 0 Å². The number of hydrogen-bond donors (Lipinski definition) is 0. The maximum atomic E-state index is 2.38. The number of nitrogens with zero attached hydrogens (tertiary/aromatic N) is 1. The number of benzene rings is 6. The Morgan fingerprint density at radius 2 is 0.857 bits per heavy atom. The van der Waals surface area contributed by atoms with Crippen molar-refractivity contribution in [2.24, 2.45) is 0 Å². The van der Waals surface area contributed by atoms with E-state index in [0.29, 0.717) is 0 Å². The molecule has 6 aromatic rings. The summed E-state index contributed by atoms with van der Waals surface area (Å²) in [4.78, 5) is 2.38. The van der Waals surface area contributed by atoms with E-state index in [4.69, 9.17) is 0 Å². The highest BCUT2D eigenvalue weighted by Gasteiger charge is 2.19. The van der Waals surface area contributed by atoms with Gasteiger partial charge in [-0.2, -0.15) is 0 Å². The highest BCUT2D eigenvalue weighted by molar-refractivity contribution is 5.92. The van der Waals surface area contributed by atoms with Crippen LogP contribution in [0.15, 0.2) is 146 Å². The van der Waals surface area contributed by atoms with Crippen LogP contribution in [0.3, 0.4) is 0 Å². The minimum absolute atomic E-state index is 0.101. The molecule has 6 aromatic carbocycles. The Hall–Kier alpha value is -5.14. The molecule has 0 atom stereocenters. The molecule has 6 rings (SSSR count). The molecule has 0 bridgehead atoms. The van der Waals surface area contributed by atoms with Crippen molar-refractivity contribution in [3.05, 3.63) is 185 Å². The van der Waals surface area contributed by atoms with Crippen molar-refractivity contribution in [1.29, 1.82) is 0 Å². The van der Waals surface area contributed by atoms with Gasteiger partial charge in [0.05, 0.1) is 0 Å². The van der Waals surface area contributed by atoms with Crippen molar-refractivity contribution < 1.29 is 0 Å². The lowest BCUT2D eigenvalue weighted by atomic mass is 9.86. The largest absolute Gasteiger partial charge is 0.310 e. The van der Waals surface area contributed by atoms with Crippen LogP contribution in [-0.2, 0) is 10.8 Å². The van der Waals surface area contributed by atoms with Gasteiger partial charge < -0.3 is 4.90 Å². The zero-order valence-electron chi connectivity index (χ0n) is 30.4. The van der Waals surface area contributed by atoms with Crippen molar-refractivity contribution in [1.82, 2.24) is 0 Å². The predicted octanol–water partition coefficient (Wildman–Crippen LogP) is 13.6. The van der Waals surface area contributed by atoms with Gasteiger partial charge >= 0.3 is 0 Å². The van der Waals surface area contributed by atoms with Crippen molar-refractivity contribution in [3.8, 4) is 11.1 Å². The first kappa shape index (κ1) is 33.7. The topological polar surface area (TPSA) is 3.24 Å². The smallest absolute Gasteiger partial charge is 0.0464 e. The summed E-state index contributed by atoms with van der Waals surface area (Å²) in [6, 6.07) is 53.2. The van der Waals surface area contributed by atoms with Gasteiger partial charge in [0.1, 0.15) is 0 Å². The summed E-state index contributed by atoms with van der Waals surface area (Å²) in [5.41, 5.74) is 16.2. The van der Waals surface area contributed by atoms with Gasteiger partial charge in [-0.15, -0.1) is 0 Å². The predicted molar refractivity (Wildman–Crippen MR) is 213 cm³/mol. The molecule has 0 unspecified atom stereocenters. The van der Waals surface area contributed by atoms with Crippen LogP contribution in [0.4, 0.5) is 17.1 Å². The Labute approximate surface area is 294 Å². The zero-order valence-corrected chi connectivity index (χ0v) is 30.4. The third-order valence-electron chi connectivity index (χ3n) is 9.47. The first-order chi connectivity index (χ1) is 23.4. The van der Waals surface area contributed by atoms with Crippen LogP contribution in [0.2, 0.25) is 0 Å². The van der Waals surface area contributed by atoms with Crippen LogP contribution in [0.25, 0.3) is 22.8 Å². The average molecular weight is 640 g/mol. The summed E-state index contributed by atoms with van der Waals surface area (Å²) in [6.07, 6.45) is 2.31. The van der Waals surface area contributed by atoms with Crippen molar-refractivity contribution in [2.45, 2.75) is 66.2 Å². The van der Waals surface area contributed by atoms with Gasteiger partial charge in [0.15, 0.2) is 0 Å². The molecule has 0 amide bonds. The normalized spacial score (nSPS) is 11.7. The fourth-order valence-corrected chi connectivity index (χ4v) is 6.57. The second kappa shape index (κ2) is 13.8. The van der Waals surface area contributed by atoms with Crippen LogP contribution < -0.4 is 4.90 Å². The fraction of sp³-hybridized carbons (Fsp3) is 0.208. The molecule has 49 heavy (non-hydrogen) atoms. The van der Waals surface area contributed by atoms with Gasteiger partial charge in [-0.1, -0.05) is 151 Å². The molecule has 0 saturated carbocycles. The Bertz CT molecular complexity index is 1950. The van der Waals surface area contributed by atoms with Gasteiger partial charge in [0, 0.05) is 17.1 Å². The third-order valence-corrected chi connectivity index (χ3v) is 9.47. The summed E-state index contributed by atoms with van der Waals surface area (Å²) in [5.74, 6) is 0. The molecule has 0 heterocycles. The van der Waals surface area contributed by atoms with E-state index < -0.39 is 0 Å². The average Bonchev–Trinajstić information content (AvgIpc) is 3.08. The number of hydrogen-bond acceptors (Lipinski definition) is 1. The lowest BCUT2D eigenvalue weighted by Crippen LogP contribution is -2.14. The molecule has 0 aliphatic heterocycles. The fourth-order valence-electron chi connectivity index (χ4n) is 6.57. The Morgan fingerprint density at radius 3 is 1.27 bits per heavy atom. The van der Waals surface area contributed by atoms with Crippen LogP contribution in [0, 0.1) is 13.8 Å². The quantitative estimate of drug-likeness (QED) is 0.157. The summed E-state index contributed by atoms with van der Waals surface area (Å²) in [6.45, 7) is 18.1. The van der Waals surface area contributed by atoms with Crippen molar-refractivity contribution in [3.63, 3.8) is 0 Å². The minimum atomic E-state index is 0.101. The summed E-state index contributed by atoms with van der Waals surface area (Å²) in [7, 11) is 0. The number of aryl methyl sites for hydroxylation is 2. The Kier molecular flexibility index (Phi) is 9.48. The van der Waals surface area contributed by atoms with E-state index in [0.717, 1.165) is 17.1 Å². The number of anilines is 3. The molecule has 1 heteroatoms. The monoisotopic (exact) mass is 639 g/mol. The molecule has 0 aliphatic carbocycles. The highest BCUT2D eigenvalue weighted by atomic mass is 15.1. The van der Waals surface area contributed by atoms with Crippen LogP contribution in [-0.4, -0.2) is 0 Å². The zero-order chi connectivity index (χ0) is 34.8. The SMILES string of the molecule is Cc1cc(C=C(c2ccccc2)c2ccccc2)ccc1-c1ccc(N(c2ccc(C(C)(C)C)cc2)c2ccc(C(C)(C)C)cc2)cc1C. The lowest BCUT2D eigenvalue weighted by Gasteiger charge is -2.28. The minimum Gasteiger partial charge on any atom is -0.310 e. The van der Waals surface area contributed by atoms with Crippen LogP contribution in [0.1, 0.15) is 80.5 Å².